The highest BCUT2D eigenvalue weighted by Crippen LogP contribution is 2.26. The average molecular weight is 248 g/mol. The van der Waals surface area contributed by atoms with Gasteiger partial charge < -0.3 is 10.6 Å². The number of nitrogens with zero attached hydrogens (tertiary/aromatic N) is 3. The second-order valence-electron chi connectivity index (χ2n) is 5.79. The van der Waals surface area contributed by atoms with E-state index in [1.54, 1.807) is 0 Å². The molecule has 100 valence electrons. The van der Waals surface area contributed by atoms with Crippen molar-refractivity contribution in [2.24, 2.45) is 5.73 Å². The normalized spacial score (nSPS) is 20.2. The Morgan fingerprint density at radius 1 is 1.39 bits per heavy atom. The summed E-state index contributed by atoms with van der Waals surface area (Å²) in [5.74, 6) is 1.07. The van der Waals surface area contributed by atoms with Crippen LogP contribution in [0.5, 0.6) is 0 Å². The fraction of sp³-hybridized carbons (Fsp3) is 0.643. The third-order valence-corrected chi connectivity index (χ3v) is 4.09. The van der Waals surface area contributed by atoms with Crippen LogP contribution in [0.3, 0.4) is 0 Å². The summed E-state index contributed by atoms with van der Waals surface area (Å²) in [6, 6.07) is 2.03. The van der Waals surface area contributed by atoms with E-state index in [0.29, 0.717) is 6.54 Å². The number of aromatic nitrogens is 1. The molecule has 1 saturated heterocycles. The molecule has 0 radical (unpaired) electrons. The minimum absolute atomic E-state index is 0.176. The van der Waals surface area contributed by atoms with Crippen LogP contribution >= 0.6 is 0 Å². The molecular weight excluding hydrogens is 224 g/mol. The van der Waals surface area contributed by atoms with Gasteiger partial charge in [-0.1, -0.05) is 0 Å². The average Bonchev–Trinajstić information content (AvgIpc) is 2.32. The van der Waals surface area contributed by atoms with Gasteiger partial charge in [0.1, 0.15) is 5.82 Å². The van der Waals surface area contributed by atoms with E-state index in [0.717, 1.165) is 25.5 Å². The van der Waals surface area contributed by atoms with Gasteiger partial charge in [0.2, 0.25) is 0 Å². The molecule has 0 saturated carbocycles. The first-order valence-electron chi connectivity index (χ1n) is 6.56. The highest BCUT2D eigenvalue weighted by Gasteiger charge is 2.32. The molecule has 2 heterocycles. The SMILES string of the molecule is Cc1ccnc(N2CCN(C)C(C)(C)C2)c1CN. The van der Waals surface area contributed by atoms with Crippen LogP contribution in [0.2, 0.25) is 0 Å². The van der Waals surface area contributed by atoms with Crippen molar-refractivity contribution < 1.29 is 0 Å². The number of nitrogens with two attached hydrogens (primary N) is 1. The number of hydrogen-bond acceptors (Lipinski definition) is 4. The van der Waals surface area contributed by atoms with E-state index in [9.17, 15) is 0 Å². The monoisotopic (exact) mass is 248 g/mol. The quantitative estimate of drug-likeness (QED) is 0.859. The standard InChI is InChI=1S/C14H24N4/c1-11-5-6-16-13(12(11)9-15)18-8-7-17(4)14(2,3)10-18/h5-6H,7-10,15H2,1-4H3. The predicted octanol–water partition coefficient (Wildman–Crippen LogP) is 1.38. The van der Waals surface area contributed by atoms with E-state index in [1.807, 2.05) is 12.3 Å². The first-order valence-corrected chi connectivity index (χ1v) is 6.56. The fourth-order valence-corrected chi connectivity index (χ4v) is 2.52. The Bertz CT molecular complexity index is 428. The van der Waals surface area contributed by atoms with E-state index < -0.39 is 0 Å². The van der Waals surface area contributed by atoms with Crippen LogP contribution in [0.15, 0.2) is 12.3 Å². The second-order valence-corrected chi connectivity index (χ2v) is 5.79. The first kappa shape index (κ1) is 13.3. The maximum absolute atomic E-state index is 5.88. The Morgan fingerprint density at radius 2 is 2.11 bits per heavy atom. The summed E-state index contributed by atoms with van der Waals surface area (Å²) < 4.78 is 0. The van der Waals surface area contributed by atoms with Crippen molar-refractivity contribution in [1.82, 2.24) is 9.88 Å². The zero-order chi connectivity index (χ0) is 13.3. The van der Waals surface area contributed by atoms with Gasteiger partial charge in [0.25, 0.3) is 0 Å². The van der Waals surface area contributed by atoms with E-state index in [4.69, 9.17) is 5.73 Å². The van der Waals surface area contributed by atoms with Crippen LogP contribution in [-0.2, 0) is 6.54 Å². The highest BCUT2D eigenvalue weighted by atomic mass is 15.3. The molecule has 0 atom stereocenters. The Labute approximate surface area is 110 Å². The Kier molecular flexibility index (Phi) is 3.59. The first-order chi connectivity index (χ1) is 8.45. The molecule has 2 N–H and O–H groups in total. The minimum atomic E-state index is 0.176. The molecule has 0 aromatic carbocycles. The number of aryl methyl sites for hydroxylation is 1. The summed E-state index contributed by atoms with van der Waals surface area (Å²) in [7, 11) is 2.19. The molecule has 1 aromatic heterocycles. The molecule has 0 spiro atoms. The molecule has 4 nitrogen and oxygen atoms in total. The van der Waals surface area contributed by atoms with Gasteiger partial charge >= 0.3 is 0 Å². The summed E-state index contributed by atoms with van der Waals surface area (Å²) >= 11 is 0. The van der Waals surface area contributed by atoms with Crippen LogP contribution < -0.4 is 10.6 Å². The van der Waals surface area contributed by atoms with Crippen LogP contribution in [0, 0.1) is 6.92 Å². The molecule has 0 bridgehead atoms. The lowest BCUT2D eigenvalue weighted by atomic mass is 9.99. The lowest BCUT2D eigenvalue weighted by molar-refractivity contribution is 0.138. The number of likely N-dealkylation sites (N-methyl/N-ethyl adjacent to an activating group) is 1. The lowest BCUT2D eigenvalue weighted by Crippen LogP contribution is -2.58. The van der Waals surface area contributed by atoms with Crippen molar-refractivity contribution in [3.8, 4) is 0 Å². The van der Waals surface area contributed by atoms with Crippen molar-refractivity contribution in [2.75, 3.05) is 31.6 Å². The second kappa shape index (κ2) is 4.86. The molecule has 0 unspecified atom stereocenters. The van der Waals surface area contributed by atoms with Gasteiger partial charge in [-0.15, -0.1) is 0 Å². The smallest absolute Gasteiger partial charge is 0.133 e. The van der Waals surface area contributed by atoms with Crippen molar-refractivity contribution in [2.45, 2.75) is 32.9 Å². The summed E-state index contributed by atoms with van der Waals surface area (Å²) in [5.41, 5.74) is 8.47. The van der Waals surface area contributed by atoms with E-state index in [2.05, 4.69) is 42.6 Å². The van der Waals surface area contributed by atoms with E-state index in [1.165, 1.54) is 11.1 Å². The zero-order valence-corrected chi connectivity index (χ0v) is 11.9. The predicted molar refractivity (Wildman–Crippen MR) is 75.8 cm³/mol. The summed E-state index contributed by atoms with van der Waals surface area (Å²) in [6.45, 7) is 10.3. The van der Waals surface area contributed by atoms with Gasteiger partial charge in [0, 0.05) is 43.5 Å². The molecule has 1 aromatic rings. The minimum Gasteiger partial charge on any atom is -0.353 e. The number of pyridine rings is 1. The lowest BCUT2D eigenvalue weighted by Gasteiger charge is -2.46. The highest BCUT2D eigenvalue weighted by molar-refractivity contribution is 5.51. The van der Waals surface area contributed by atoms with Crippen LogP contribution in [0.1, 0.15) is 25.0 Å². The van der Waals surface area contributed by atoms with Gasteiger partial charge in [-0.2, -0.15) is 0 Å². The van der Waals surface area contributed by atoms with Crippen molar-refractivity contribution in [3.63, 3.8) is 0 Å². The number of anilines is 1. The van der Waals surface area contributed by atoms with Gasteiger partial charge in [0.15, 0.2) is 0 Å². The van der Waals surface area contributed by atoms with Crippen LogP contribution in [0.25, 0.3) is 0 Å². The molecule has 18 heavy (non-hydrogen) atoms. The third-order valence-electron chi connectivity index (χ3n) is 4.09. The Balaban J connectivity index is 2.30. The van der Waals surface area contributed by atoms with Crippen molar-refractivity contribution in [1.29, 1.82) is 0 Å². The molecule has 4 heteroatoms. The topological polar surface area (TPSA) is 45.4 Å². The molecule has 2 rings (SSSR count). The molecule has 0 aliphatic carbocycles. The van der Waals surface area contributed by atoms with Gasteiger partial charge in [-0.05, 0) is 39.4 Å². The largest absolute Gasteiger partial charge is 0.353 e. The maximum atomic E-state index is 5.88. The molecular formula is C14H24N4. The number of rotatable bonds is 2. The number of piperazine rings is 1. The molecule has 1 fully saturated rings. The zero-order valence-electron chi connectivity index (χ0n) is 11.9. The van der Waals surface area contributed by atoms with Crippen molar-refractivity contribution in [3.05, 3.63) is 23.4 Å². The summed E-state index contributed by atoms with van der Waals surface area (Å²) in [4.78, 5) is 9.33. The number of hydrogen-bond donors (Lipinski definition) is 1. The molecule has 0 amide bonds. The van der Waals surface area contributed by atoms with Crippen LogP contribution in [-0.4, -0.2) is 42.1 Å². The summed E-state index contributed by atoms with van der Waals surface area (Å²) in [5, 5.41) is 0. The Hall–Kier alpha value is -1.13. The molecule has 1 aliphatic rings. The summed E-state index contributed by atoms with van der Waals surface area (Å²) in [6.07, 6.45) is 1.88. The third kappa shape index (κ3) is 2.35. The molecule has 1 aliphatic heterocycles. The van der Waals surface area contributed by atoms with Crippen molar-refractivity contribution >= 4 is 5.82 Å². The Morgan fingerprint density at radius 3 is 2.72 bits per heavy atom. The van der Waals surface area contributed by atoms with Gasteiger partial charge in [0.05, 0.1) is 0 Å². The van der Waals surface area contributed by atoms with Gasteiger partial charge in [-0.25, -0.2) is 4.98 Å². The van der Waals surface area contributed by atoms with E-state index >= 15 is 0 Å². The van der Waals surface area contributed by atoms with Crippen LogP contribution in [0.4, 0.5) is 5.82 Å². The van der Waals surface area contributed by atoms with E-state index in [-0.39, 0.29) is 5.54 Å². The fourth-order valence-electron chi connectivity index (χ4n) is 2.52. The van der Waals surface area contributed by atoms with Gasteiger partial charge in [-0.3, -0.25) is 4.90 Å². The maximum Gasteiger partial charge on any atom is 0.133 e.